The number of carbonyl (C=O) groups excluding carboxylic acids is 1. The lowest BCUT2D eigenvalue weighted by Gasteiger charge is -2.64. The molecule has 28 heavy (non-hydrogen) atoms. The van der Waals surface area contributed by atoms with E-state index in [0.29, 0.717) is 38.7 Å². The van der Waals surface area contributed by atoms with Crippen molar-refractivity contribution in [1.29, 1.82) is 0 Å². The quantitative estimate of drug-likeness (QED) is 0.503. The van der Waals surface area contributed by atoms with Crippen LogP contribution in [-0.2, 0) is 9.53 Å². The Morgan fingerprint density at radius 3 is 2.36 bits per heavy atom. The van der Waals surface area contributed by atoms with Gasteiger partial charge in [0.2, 0.25) is 0 Å². The average Bonchev–Trinajstić information content (AvgIpc) is 3.17. The van der Waals surface area contributed by atoms with Gasteiger partial charge < -0.3 is 25.2 Å². The first-order valence-corrected chi connectivity index (χ1v) is 10.9. The van der Waals surface area contributed by atoms with Crippen LogP contribution < -0.4 is 0 Å². The lowest BCUT2D eigenvalue weighted by atomic mass is 9.45. The molecular weight excluding hydrogens is 360 g/mol. The maximum absolute atomic E-state index is 12.0. The molecule has 6 nitrogen and oxygen atoms in total. The van der Waals surface area contributed by atoms with Crippen LogP contribution in [-0.4, -0.2) is 55.9 Å². The van der Waals surface area contributed by atoms with E-state index < -0.39 is 22.9 Å². The Hall–Kier alpha value is -0.950. The maximum atomic E-state index is 12.0. The number of aliphatic hydroxyl groups is 4. The second-order valence-corrected chi connectivity index (χ2v) is 10.4. The molecule has 4 fully saturated rings. The van der Waals surface area contributed by atoms with Gasteiger partial charge in [0.05, 0.1) is 22.9 Å². The zero-order valence-electron chi connectivity index (χ0n) is 16.6. The molecular formula is C22H32O6. The number of esters is 1. The van der Waals surface area contributed by atoms with E-state index in [2.05, 4.69) is 6.92 Å². The van der Waals surface area contributed by atoms with Crippen molar-refractivity contribution in [2.45, 2.75) is 87.6 Å². The van der Waals surface area contributed by atoms with Crippen molar-refractivity contribution in [2.75, 3.05) is 6.61 Å². The molecule has 1 heterocycles. The van der Waals surface area contributed by atoms with E-state index in [0.717, 1.165) is 24.8 Å². The number of carbonyl (C=O) groups is 1. The molecule has 8 atom stereocenters. The van der Waals surface area contributed by atoms with Crippen molar-refractivity contribution in [3.8, 4) is 0 Å². The van der Waals surface area contributed by atoms with E-state index in [1.807, 2.05) is 0 Å². The summed E-state index contributed by atoms with van der Waals surface area (Å²) in [5.74, 6) is -0.407. The van der Waals surface area contributed by atoms with Crippen molar-refractivity contribution in [1.82, 2.24) is 0 Å². The van der Waals surface area contributed by atoms with Gasteiger partial charge >= 0.3 is 5.97 Å². The summed E-state index contributed by atoms with van der Waals surface area (Å²) in [7, 11) is 0. The molecule has 4 N–H and O–H groups in total. The SMILES string of the molecule is CC12CCC3C(CCC4(O)CC(O)CCC34O)C1(O)CCC2C1=CC(=O)OC1. The first kappa shape index (κ1) is 19.0. The number of cyclic esters (lactones) is 1. The second kappa shape index (κ2) is 5.81. The Labute approximate surface area is 165 Å². The van der Waals surface area contributed by atoms with Crippen LogP contribution in [0.2, 0.25) is 0 Å². The van der Waals surface area contributed by atoms with Crippen LogP contribution >= 0.6 is 0 Å². The fourth-order valence-corrected chi connectivity index (χ4v) is 7.99. The molecule has 0 bridgehead atoms. The average molecular weight is 392 g/mol. The minimum atomic E-state index is -1.26. The van der Waals surface area contributed by atoms with E-state index in [9.17, 15) is 25.2 Å². The van der Waals surface area contributed by atoms with E-state index in [-0.39, 0.29) is 35.6 Å². The third kappa shape index (κ3) is 2.21. The number of aliphatic hydroxyl groups excluding tert-OH is 1. The normalized spacial score (nSPS) is 55.8. The third-order valence-electron chi connectivity index (χ3n) is 9.50. The Morgan fingerprint density at radius 2 is 1.64 bits per heavy atom. The van der Waals surface area contributed by atoms with Crippen LogP contribution in [0.3, 0.4) is 0 Å². The Balaban J connectivity index is 1.49. The highest BCUT2D eigenvalue weighted by Gasteiger charge is 2.71. The van der Waals surface area contributed by atoms with Crippen LogP contribution in [0.5, 0.6) is 0 Å². The number of ether oxygens (including phenoxy) is 1. The Bertz CT molecular complexity index is 735. The molecule has 0 amide bonds. The summed E-state index contributed by atoms with van der Waals surface area (Å²) in [6.45, 7) is 2.46. The largest absolute Gasteiger partial charge is 0.458 e. The Kier molecular flexibility index (Phi) is 3.95. The molecule has 0 aromatic heterocycles. The van der Waals surface area contributed by atoms with Crippen molar-refractivity contribution < 1.29 is 30.0 Å². The molecule has 0 saturated heterocycles. The zero-order chi connectivity index (χ0) is 19.9. The lowest BCUT2D eigenvalue weighted by molar-refractivity contribution is -0.288. The molecule has 6 heteroatoms. The zero-order valence-corrected chi connectivity index (χ0v) is 16.6. The fourth-order valence-electron chi connectivity index (χ4n) is 7.99. The lowest BCUT2D eigenvalue weighted by Crippen LogP contribution is -2.71. The number of fused-ring (bicyclic) bond motifs is 5. The summed E-state index contributed by atoms with van der Waals surface area (Å²) in [6.07, 6.45) is 6.17. The second-order valence-electron chi connectivity index (χ2n) is 10.4. The molecule has 1 aliphatic heterocycles. The molecule has 0 aromatic carbocycles. The number of hydrogen-bond donors (Lipinski definition) is 4. The minimum absolute atomic E-state index is 0.0737. The smallest absolute Gasteiger partial charge is 0.331 e. The van der Waals surface area contributed by atoms with Crippen molar-refractivity contribution in [3.63, 3.8) is 0 Å². The summed E-state index contributed by atoms with van der Waals surface area (Å²) >= 11 is 0. The van der Waals surface area contributed by atoms with Crippen LogP contribution in [0.1, 0.15) is 64.7 Å². The summed E-state index contributed by atoms with van der Waals surface area (Å²) in [4.78, 5) is 11.6. The van der Waals surface area contributed by atoms with Gasteiger partial charge in [0.25, 0.3) is 0 Å². The highest BCUT2D eigenvalue weighted by Crippen LogP contribution is 2.68. The predicted molar refractivity (Wildman–Crippen MR) is 100 cm³/mol. The van der Waals surface area contributed by atoms with Gasteiger partial charge in [-0.05, 0) is 74.7 Å². The highest BCUT2D eigenvalue weighted by molar-refractivity contribution is 5.85. The first-order chi connectivity index (χ1) is 13.1. The molecule has 4 aliphatic carbocycles. The number of hydrogen-bond acceptors (Lipinski definition) is 6. The molecule has 0 radical (unpaired) electrons. The van der Waals surface area contributed by atoms with Crippen LogP contribution in [0.25, 0.3) is 0 Å². The monoisotopic (exact) mass is 392 g/mol. The van der Waals surface area contributed by atoms with E-state index >= 15 is 0 Å². The van der Waals surface area contributed by atoms with E-state index in [4.69, 9.17) is 4.74 Å². The van der Waals surface area contributed by atoms with Crippen molar-refractivity contribution >= 4 is 5.97 Å². The van der Waals surface area contributed by atoms with E-state index in [1.54, 1.807) is 6.08 Å². The van der Waals surface area contributed by atoms with Gasteiger partial charge in [-0.25, -0.2) is 4.79 Å². The first-order valence-electron chi connectivity index (χ1n) is 10.9. The van der Waals surface area contributed by atoms with Crippen molar-refractivity contribution in [3.05, 3.63) is 11.6 Å². The van der Waals surface area contributed by atoms with Gasteiger partial charge in [-0.2, -0.15) is 0 Å². The molecule has 0 aromatic rings. The molecule has 0 spiro atoms. The van der Waals surface area contributed by atoms with Crippen LogP contribution in [0, 0.1) is 23.2 Å². The van der Waals surface area contributed by atoms with Gasteiger partial charge in [0.1, 0.15) is 6.61 Å². The van der Waals surface area contributed by atoms with Gasteiger partial charge in [-0.3, -0.25) is 0 Å². The van der Waals surface area contributed by atoms with Gasteiger partial charge in [0, 0.05) is 17.9 Å². The summed E-state index contributed by atoms with van der Waals surface area (Å²) < 4.78 is 5.14. The summed E-state index contributed by atoms with van der Waals surface area (Å²) in [6, 6.07) is 0. The minimum Gasteiger partial charge on any atom is -0.458 e. The fraction of sp³-hybridized carbons (Fsp3) is 0.864. The predicted octanol–water partition coefficient (Wildman–Crippen LogP) is 1.44. The van der Waals surface area contributed by atoms with E-state index in [1.165, 1.54) is 0 Å². The summed E-state index contributed by atoms with van der Waals surface area (Å²) in [5.41, 5.74) is -2.78. The van der Waals surface area contributed by atoms with Crippen LogP contribution in [0.15, 0.2) is 11.6 Å². The summed E-state index contributed by atoms with van der Waals surface area (Å²) in [5, 5.41) is 45.0. The molecule has 8 unspecified atom stereocenters. The topological polar surface area (TPSA) is 107 Å². The molecule has 156 valence electrons. The standard InChI is InChI=1S/C22H32O6/c1-19-6-3-17-16(4-7-20(25)11-14(23)2-8-22(17,20)27)21(19,26)9-5-15(19)13-10-18(24)28-12-13/h10,14-17,23,25-27H,2-9,11-12H2,1H3. The highest BCUT2D eigenvalue weighted by atomic mass is 16.5. The van der Waals surface area contributed by atoms with Gasteiger partial charge in [-0.15, -0.1) is 0 Å². The third-order valence-corrected chi connectivity index (χ3v) is 9.50. The number of rotatable bonds is 1. The van der Waals surface area contributed by atoms with Gasteiger partial charge in [0.15, 0.2) is 0 Å². The maximum Gasteiger partial charge on any atom is 0.331 e. The Morgan fingerprint density at radius 1 is 0.964 bits per heavy atom. The molecule has 4 saturated carbocycles. The van der Waals surface area contributed by atoms with Crippen molar-refractivity contribution in [2.24, 2.45) is 23.2 Å². The molecule has 5 rings (SSSR count). The molecule has 5 aliphatic rings. The van der Waals surface area contributed by atoms with Gasteiger partial charge in [-0.1, -0.05) is 6.92 Å². The van der Waals surface area contributed by atoms with Crippen LogP contribution in [0.4, 0.5) is 0 Å².